The Labute approximate surface area is 208 Å². The SMILES string of the molecule is CC(C)=CCn1c(N2CCC[C@H](N)C2)c(C#N)c2ncn(Cc3c4ccccc4cc[n+]3O)c(=O)c21. The average Bonchev–Trinajstić information content (AvgIpc) is 3.20. The maximum Gasteiger partial charge on any atom is 0.278 e. The van der Waals surface area contributed by atoms with Gasteiger partial charge in [0.25, 0.3) is 11.3 Å². The molecule has 9 nitrogen and oxygen atoms in total. The number of hydrogen-bond donors (Lipinski definition) is 2. The van der Waals surface area contributed by atoms with Crippen molar-refractivity contribution in [3.05, 3.63) is 76.1 Å². The Hall–Kier alpha value is -4.16. The molecular weight excluding hydrogens is 454 g/mol. The molecule has 36 heavy (non-hydrogen) atoms. The number of hydrogen-bond acceptors (Lipinski definition) is 6. The largest absolute Gasteiger partial charge is 0.355 e. The van der Waals surface area contributed by atoms with Gasteiger partial charge in [-0.15, -0.1) is 0 Å². The summed E-state index contributed by atoms with van der Waals surface area (Å²) >= 11 is 0. The van der Waals surface area contributed by atoms with Crippen molar-refractivity contribution < 1.29 is 9.94 Å². The van der Waals surface area contributed by atoms with E-state index in [-0.39, 0.29) is 18.1 Å². The highest BCUT2D eigenvalue weighted by molar-refractivity contribution is 5.89. The van der Waals surface area contributed by atoms with Crippen LogP contribution in [0.5, 0.6) is 0 Å². The van der Waals surface area contributed by atoms with Crippen LogP contribution in [0.1, 0.15) is 37.9 Å². The quantitative estimate of drug-likeness (QED) is 0.256. The zero-order valence-electron chi connectivity index (χ0n) is 20.6. The lowest BCUT2D eigenvalue weighted by Gasteiger charge is -2.33. The molecule has 1 aliphatic rings. The minimum Gasteiger partial charge on any atom is -0.355 e. The lowest BCUT2D eigenvalue weighted by atomic mass is 10.1. The molecular formula is C27H30N7O2+. The van der Waals surface area contributed by atoms with Gasteiger partial charge in [0.1, 0.15) is 35.0 Å². The molecule has 4 aromatic rings. The van der Waals surface area contributed by atoms with Crippen LogP contribution in [0.3, 0.4) is 0 Å². The zero-order chi connectivity index (χ0) is 25.4. The average molecular weight is 485 g/mol. The summed E-state index contributed by atoms with van der Waals surface area (Å²) in [6, 6.07) is 11.8. The van der Waals surface area contributed by atoms with Crippen molar-refractivity contribution in [3.63, 3.8) is 0 Å². The van der Waals surface area contributed by atoms with Crippen molar-refractivity contribution in [2.75, 3.05) is 18.0 Å². The number of nitriles is 1. The van der Waals surface area contributed by atoms with Crippen LogP contribution in [0, 0.1) is 11.3 Å². The Balaban J connectivity index is 1.72. The maximum absolute atomic E-state index is 13.9. The van der Waals surface area contributed by atoms with Gasteiger partial charge in [0, 0.05) is 36.5 Å². The minimum absolute atomic E-state index is 0.0104. The second kappa shape index (κ2) is 9.47. The number of allylic oxidation sites excluding steroid dienone is 2. The molecule has 5 rings (SSSR count). The van der Waals surface area contributed by atoms with Crippen LogP contribution in [0.15, 0.2) is 59.3 Å². The molecule has 3 aromatic heterocycles. The predicted molar refractivity (Wildman–Crippen MR) is 138 cm³/mol. The van der Waals surface area contributed by atoms with Crippen LogP contribution in [0.25, 0.3) is 21.8 Å². The van der Waals surface area contributed by atoms with Gasteiger partial charge in [-0.3, -0.25) is 14.6 Å². The fraction of sp³-hybridized carbons (Fsp3) is 0.333. The smallest absolute Gasteiger partial charge is 0.278 e. The van der Waals surface area contributed by atoms with Crippen molar-refractivity contribution in [1.82, 2.24) is 14.1 Å². The second-order valence-corrected chi connectivity index (χ2v) is 9.62. The molecule has 0 radical (unpaired) electrons. The van der Waals surface area contributed by atoms with Crippen molar-refractivity contribution in [2.45, 2.75) is 45.8 Å². The van der Waals surface area contributed by atoms with Crippen molar-refractivity contribution in [3.8, 4) is 6.07 Å². The van der Waals surface area contributed by atoms with Crippen LogP contribution in [-0.4, -0.2) is 38.5 Å². The third-order valence-electron chi connectivity index (χ3n) is 6.81. The van der Waals surface area contributed by atoms with Gasteiger partial charge in [-0.25, -0.2) is 4.98 Å². The summed E-state index contributed by atoms with van der Waals surface area (Å²) in [5.41, 5.74) is 8.85. The van der Waals surface area contributed by atoms with E-state index in [0.29, 0.717) is 41.2 Å². The van der Waals surface area contributed by atoms with Crippen LogP contribution in [0.2, 0.25) is 0 Å². The Bertz CT molecular complexity index is 1590. The molecule has 0 saturated carbocycles. The summed E-state index contributed by atoms with van der Waals surface area (Å²) in [7, 11) is 0. The minimum atomic E-state index is -0.265. The molecule has 1 fully saturated rings. The van der Waals surface area contributed by atoms with E-state index < -0.39 is 0 Å². The van der Waals surface area contributed by atoms with E-state index in [1.165, 1.54) is 10.9 Å². The first-order valence-electron chi connectivity index (χ1n) is 12.2. The highest BCUT2D eigenvalue weighted by Crippen LogP contribution is 2.32. The number of fused-ring (bicyclic) bond motifs is 2. The Morgan fingerprint density at radius 2 is 2.14 bits per heavy atom. The molecule has 1 aliphatic heterocycles. The highest BCUT2D eigenvalue weighted by atomic mass is 16.5. The summed E-state index contributed by atoms with van der Waals surface area (Å²) < 4.78 is 4.44. The summed E-state index contributed by atoms with van der Waals surface area (Å²) in [6.45, 7) is 5.96. The van der Waals surface area contributed by atoms with Gasteiger partial charge in [-0.1, -0.05) is 29.8 Å². The Kier molecular flexibility index (Phi) is 6.20. The van der Waals surface area contributed by atoms with Gasteiger partial charge < -0.3 is 15.2 Å². The molecule has 0 amide bonds. The van der Waals surface area contributed by atoms with Crippen LogP contribution in [0.4, 0.5) is 5.82 Å². The highest BCUT2D eigenvalue weighted by Gasteiger charge is 2.28. The van der Waals surface area contributed by atoms with Gasteiger partial charge in [-0.2, -0.15) is 5.26 Å². The fourth-order valence-corrected chi connectivity index (χ4v) is 5.04. The molecule has 4 heterocycles. The van der Waals surface area contributed by atoms with Crippen molar-refractivity contribution in [2.24, 2.45) is 5.73 Å². The number of benzene rings is 1. The van der Waals surface area contributed by atoms with Gasteiger partial charge in [0.2, 0.25) is 6.20 Å². The molecule has 184 valence electrons. The third-order valence-corrected chi connectivity index (χ3v) is 6.81. The number of piperidine rings is 1. The molecule has 9 heteroatoms. The topological polar surface area (TPSA) is 117 Å². The van der Waals surface area contributed by atoms with E-state index in [9.17, 15) is 15.3 Å². The summed E-state index contributed by atoms with van der Waals surface area (Å²) in [6.07, 6.45) is 6.92. The molecule has 1 atom stereocenters. The molecule has 0 unspecified atom stereocenters. The first kappa shape index (κ1) is 23.6. The molecule has 1 saturated heterocycles. The Morgan fingerprint density at radius 3 is 2.89 bits per heavy atom. The lowest BCUT2D eigenvalue weighted by molar-refractivity contribution is -0.908. The van der Waals surface area contributed by atoms with E-state index in [1.54, 1.807) is 6.20 Å². The molecule has 0 spiro atoms. The van der Waals surface area contributed by atoms with E-state index in [2.05, 4.69) is 16.0 Å². The van der Waals surface area contributed by atoms with E-state index in [0.717, 1.165) is 40.5 Å². The number of aromatic nitrogens is 4. The standard InChI is InChI=1S/C27H30N7O2/c1-18(2)9-12-33-25-24(22(14-28)26(33)31-11-5-7-20(29)15-31)30-17-32(27(25)35)16-23-21-8-4-3-6-19(21)10-13-34(23)36/h3-4,6,8-10,13,17,20,36H,5,7,11-12,15-16,29H2,1-2H3/q+1/t20-/m0/s1. The zero-order valence-corrected chi connectivity index (χ0v) is 20.6. The van der Waals surface area contributed by atoms with Crippen LogP contribution >= 0.6 is 0 Å². The molecule has 0 aliphatic carbocycles. The molecule has 0 bridgehead atoms. The van der Waals surface area contributed by atoms with Gasteiger partial charge in [0.05, 0.1) is 11.7 Å². The van der Waals surface area contributed by atoms with Gasteiger partial charge in [0.15, 0.2) is 0 Å². The number of nitrogens with zero attached hydrogens (tertiary/aromatic N) is 6. The van der Waals surface area contributed by atoms with E-state index in [4.69, 9.17) is 5.73 Å². The normalized spacial score (nSPS) is 15.8. The fourth-order valence-electron chi connectivity index (χ4n) is 5.04. The second-order valence-electron chi connectivity index (χ2n) is 9.62. The first-order valence-corrected chi connectivity index (χ1v) is 12.2. The van der Waals surface area contributed by atoms with Crippen LogP contribution < -0.4 is 20.9 Å². The number of nitrogens with two attached hydrogens (primary N) is 1. The van der Waals surface area contributed by atoms with E-state index in [1.807, 2.05) is 54.8 Å². The maximum atomic E-state index is 13.9. The van der Waals surface area contributed by atoms with Crippen LogP contribution in [-0.2, 0) is 13.1 Å². The molecule has 1 aromatic carbocycles. The molecule has 3 N–H and O–H groups in total. The predicted octanol–water partition coefficient (Wildman–Crippen LogP) is 2.69. The van der Waals surface area contributed by atoms with Gasteiger partial charge in [-0.05, 0) is 38.1 Å². The third kappa shape index (κ3) is 4.10. The number of pyridine rings is 1. The van der Waals surface area contributed by atoms with Crippen molar-refractivity contribution >= 4 is 27.6 Å². The number of anilines is 1. The lowest BCUT2D eigenvalue weighted by Crippen LogP contribution is -2.44. The Morgan fingerprint density at radius 1 is 1.33 bits per heavy atom. The summed E-state index contributed by atoms with van der Waals surface area (Å²) in [5, 5.41) is 22.5. The van der Waals surface area contributed by atoms with Gasteiger partial charge >= 0.3 is 0 Å². The monoisotopic (exact) mass is 484 g/mol. The summed E-state index contributed by atoms with van der Waals surface area (Å²) in [5.74, 6) is 0.699. The number of rotatable bonds is 5. The summed E-state index contributed by atoms with van der Waals surface area (Å²) in [4.78, 5) is 20.6. The van der Waals surface area contributed by atoms with Crippen molar-refractivity contribution in [1.29, 1.82) is 5.26 Å². The van der Waals surface area contributed by atoms with E-state index >= 15 is 0 Å². The first-order chi connectivity index (χ1) is 17.4.